The molecule has 0 aromatic heterocycles. The Morgan fingerprint density at radius 3 is 1.60 bits per heavy atom. The lowest BCUT2D eigenvalue weighted by atomic mass is 10.1. The molecule has 0 radical (unpaired) electrons. The largest absolute Gasteiger partial charge is 0.308 e. The first kappa shape index (κ1) is 14.9. The van der Waals surface area contributed by atoms with Crippen molar-refractivity contribution in [3.05, 3.63) is 0 Å². The van der Waals surface area contributed by atoms with Crippen molar-refractivity contribution < 1.29 is 0 Å². The summed E-state index contributed by atoms with van der Waals surface area (Å²) in [6.45, 7) is 11.3. The Balaban J connectivity index is 3.66. The molecule has 0 bridgehead atoms. The van der Waals surface area contributed by atoms with Gasteiger partial charge in [0, 0.05) is 31.7 Å². The molecule has 0 saturated heterocycles. The van der Waals surface area contributed by atoms with Crippen molar-refractivity contribution in [2.24, 2.45) is 0 Å². The molecule has 15 heavy (non-hydrogen) atoms. The van der Waals surface area contributed by atoms with Crippen LogP contribution >= 0.6 is 0 Å². The molecule has 0 atom stereocenters. The minimum absolute atomic E-state index is 0.280. The second-order valence-corrected chi connectivity index (χ2v) is 5.70. The first-order valence-corrected chi connectivity index (χ1v) is 5.78. The summed E-state index contributed by atoms with van der Waals surface area (Å²) in [5, 5.41) is 0. The SMILES string of the molecule is CN(C)CCN(C)CCN(C)C(C)(C)C. The Hall–Kier alpha value is -0.120. The third-order valence-electron chi connectivity index (χ3n) is 2.89. The predicted molar refractivity (Wildman–Crippen MR) is 68.4 cm³/mol. The van der Waals surface area contributed by atoms with Gasteiger partial charge in [-0.05, 0) is 49.0 Å². The average molecular weight is 215 g/mol. The van der Waals surface area contributed by atoms with E-state index in [-0.39, 0.29) is 5.54 Å². The van der Waals surface area contributed by atoms with Crippen molar-refractivity contribution in [1.82, 2.24) is 14.7 Å². The van der Waals surface area contributed by atoms with Gasteiger partial charge in [-0.2, -0.15) is 0 Å². The Morgan fingerprint density at radius 2 is 1.20 bits per heavy atom. The molecule has 0 rings (SSSR count). The van der Waals surface area contributed by atoms with E-state index in [2.05, 4.69) is 63.7 Å². The van der Waals surface area contributed by atoms with E-state index in [4.69, 9.17) is 0 Å². The highest BCUT2D eigenvalue weighted by Crippen LogP contribution is 2.09. The predicted octanol–water partition coefficient (Wildman–Crippen LogP) is 1.21. The van der Waals surface area contributed by atoms with Crippen LogP contribution in [0.5, 0.6) is 0 Å². The number of likely N-dealkylation sites (N-methyl/N-ethyl adjacent to an activating group) is 3. The first-order valence-electron chi connectivity index (χ1n) is 5.78. The quantitative estimate of drug-likeness (QED) is 0.659. The minimum Gasteiger partial charge on any atom is -0.308 e. The monoisotopic (exact) mass is 215 g/mol. The summed E-state index contributed by atoms with van der Waals surface area (Å²) in [6, 6.07) is 0. The zero-order valence-electron chi connectivity index (χ0n) is 11.7. The van der Waals surface area contributed by atoms with Crippen LogP contribution in [0.2, 0.25) is 0 Å². The molecule has 0 aliphatic carbocycles. The summed E-state index contributed by atoms with van der Waals surface area (Å²) in [7, 11) is 8.63. The maximum Gasteiger partial charge on any atom is 0.0122 e. The zero-order valence-corrected chi connectivity index (χ0v) is 11.7. The van der Waals surface area contributed by atoms with E-state index >= 15 is 0 Å². The fourth-order valence-corrected chi connectivity index (χ4v) is 1.14. The molecule has 0 aliphatic rings. The van der Waals surface area contributed by atoms with E-state index in [1.54, 1.807) is 0 Å². The van der Waals surface area contributed by atoms with E-state index in [0.717, 1.165) is 26.2 Å². The lowest BCUT2D eigenvalue weighted by Gasteiger charge is -2.33. The molecular formula is C12H29N3. The minimum atomic E-state index is 0.280. The van der Waals surface area contributed by atoms with Gasteiger partial charge in [-0.25, -0.2) is 0 Å². The fraction of sp³-hybridized carbons (Fsp3) is 1.00. The molecule has 0 aromatic carbocycles. The summed E-state index contributed by atoms with van der Waals surface area (Å²) in [6.07, 6.45) is 0. The standard InChI is InChI=1S/C12H29N3/c1-12(2,3)15(7)11-10-14(6)9-8-13(4)5/h8-11H2,1-7H3. The molecular weight excluding hydrogens is 186 g/mol. The normalized spacial score (nSPS) is 13.2. The third-order valence-corrected chi connectivity index (χ3v) is 2.89. The highest BCUT2D eigenvalue weighted by molar-refractivity contribution is 4.73. The summed E-state index contributed by atoms with van der Waals surface area (Å²) < 4.78 is 0. The smallest absolute Gasteiger partial charge is 0.0122 e. The Kier molecular flexibility index (Phi) is 6.41. The van der Waals surface area contributed by atoms with Crippen LogP contribution in [0.3, 0.4) is 0 Å². The highest BCUT2D eigenvalue weighted by Gasteiger charge is 2.16. The highest BCUT2D eigenvalue weighted by atomic mass is 15.2. The third kappa shape index (κ3) is 7.77. The lowest BCUT2D eigenvalue weighted by Crippen LogP contribution is -2.43. The summed E-state index contributed by atoms with van der Waals surface area (Å²) in [5.41, 5.74) is 0.280. The molecule has 0 unspecified atom stereocenters. The lowest BCUT2D eigenvalue weighted by molar-refractivity contribution is 0.151. The molecule has 0 fully saturated rings. The molecule has 3 heteroatoms. The Bertz CT molecular complexity index is 161. The molecule has 0 saturated carbocycles. The average Bonchev–Trinajstić information content (AvgIpc) is 2.09. The molecule has 0 N–H and O–H groups in total. The van der Waals surface area contributed by atoms with Gasteiger partial charge in [0.15, 0.2) is 0 Å². The summed E-state index contributed by atoms with van der Waals surface area (Å²) in [4.78, 5) is 7.02. The van der Waals surface area contributed by atoms with Gasteiger partial charge in [-0.1, -0.05) is 0 Å². The summed E-state index contributed by atoms with van der Waals surface area (Å²) >= 11 is 0. The van der Waals surface area contributed by atoms with E-state index in [1.807, 2.05) is 0 Å². The van der Waals surface area contributed by atoms with E-state index < -0.39 is 0 Å². The molecule has 0 heterocycles. The maximum atomic E-state index is 2.40. The molecule has 3 nitrogen and oxygen atoms in total. The molecule has 92 valence electrons. The second-order valence-electron chi connectivity index (χ2n) is 5.70. The fourth-order valence-electron chi connectivity index (χ4n) is 1.14. The van der Waals surface area contributed by atoms with Gasteiger partial charge in [-0.15, -0.1) is 0 Å². The molecule has 0 aliphatic heterocycles. The van der Waals surface area contributed by atoms with Crippen molar-refractivity contribution in [2.45, 2.75) is 26.3 Å². The first-order chi connectivity index (χ1) is 6.73. The van der Waals surface area contributed by atoms with E-state index in [1.165, 1.54) is 0 Å². The van der Waals surface area contributed by atoms with Crippen molar-refractivity contribution in [3.8, 4) is 0 Å². The number of hydrogen-bond acceptors (Lipinski definition) is 3. The van der Waals surface area contributed by atoms with Crippen LogP contribution in [-0.2, 0) is 0 Å². The van der Waals surface area contributed by atoms with Crippen LogP contribution in [-0.4, -0.2) is 74.6 Å². The summed E-state index contributed by atoms with van der Waals surface area (Å²) in [5.74, 6) is 0. The van der Waals surface area contributed by atoms with Gasteiger partial charge in [0.05, 0.1) is 0 Å². The topological polar surface area (TPSA) is 9.72 Å². The molecule has 0 spiro atoms. The van der Waals surface area contributed by atoms with Crippen LogP contribution in [0, 0.1) is 0 Å². The van der Waals surface area contributed by atoms with Crippen molar-refractivity contribution in [3.63, 3.8) is 0 Å². The van der Waals surface area contributed by atoms with Crippen molar-refractivity contribution >= 4 is 0 Å². The number of nitrogens with zero attached hydrogens (tertiary/aromatic N) is 3. The van der Waals surface area contributed by atoms with E-state index in [9.17, 15) is 0 Å². The number of hydrogen-bond donors (Lipinski definition) is 0. The van der Waals surface area contributed by atoms with Gasteiger partial charge in [0.2, 0.25) is 0 Å². The Morgan fingerprint density at radius 1 is 0.733 bits per heavy atom. The van der Waals surface area contributed by atoms with E-state index in [0.29, 0.717) is 0 Å². The van der Waals surface area contributed by atoms with Crippen LogP contribution in [0.4, 0.5) is 0 Å². The van der Waals surface area contributed by atoms with Crippen LogP contribution in [0.25, 0.3) is 0 Å². The molecule has 0 aromatic rings. The van der Waals surface area contributed by atoms with Crippen LogP contribution in [0.1, 0.15) is 20.8 Å². The second kappa shape index (κ2) is 6.46. The maximum absolute atomic E-state index is 2.40. The number of rotatable bonds is 6. The van der Waals surface area contributed by atoms with Gasteiger partial charge < -0.3 is 14.7 Å². The van der Waals surface area contributed by atoms with Gasteiger partial charge in [0.1, 0.15) is 0 Å². The van der Waals surface area contributed by atoms with Crippen LogP contribution < -0.4 is 0 Å². The molecule has 0 amide bonds. The van der Waals surface area contributed by atoms with Crippen molar-refractivity contribution in [2.75, 3.05) is 54.4 Å². The van der Waals surface area contributed by atoms with Crippen molar-refractivity contribution in [1.29, 1.82) is 0 Å². The Labute approximate surface area is 96.0 Å². The zero-order chi connectivity index (χ0) is 12.1. The van der Waals surface area contributed by atoms with Gasteiger partial charge in [-0.3, -0.25) is 0 Å². The van der Waals surface area contributed by atoms with Gasteiger partial charge in [0.25, 0.3) is 0 Å². The van der Waals surface area contributed by atoms with Crippen LogP contribution in [0.15, 0.2) is 0 Å². The van der Waals surface area contributed by atoms with Gasteiger partial charge >= 0.3 is 0 Å².